The van der Waals surface area contributed by atoms with Crippen LogP contribution in [-0.4, -0.2) is 36.2 Å². The van der Waals surface area contributed by atoms with Crippen LogP contribution >= 0.6 is 11.6 Å². The molecule has 1 fully saturated rings. The number of methoxy groups -OCH3 is 1. The van der Waals surface area contributed by atoms with Gasteiger partial charge in [0.2, 0.25) is 0 Å². The molecular weight excluding hydrogens is 238 g/mol. The minimum absolute atomic E-state index is 0.520. The Hall–Kier alpha value is -0.840. The topological polar surface area (TPSA) is 51.4 Å². The Bertz CT molecular complexity index is 382. The van der Waals surface area contributed by atoms with Gasteiger partial charge in [0.05, 0.1) is 17.3 Å². The minimum atomic E-state index is 0.520. The van der Waals surface area contributed by atoms with Crippen molar-refractivity contribution in [2.24, 2.45) is 0 Å². The van der Waals surface area contributed by atoms with Crippen molar-refractivity contribution in [1.29, 1.82) is 0 Å². The second-order valence-electron chi connectivity index (χ2n) is 4.36. The van der Waals surface area contributed by atoms with E-state index in [0.717, 1.165) is 25.4 Å². The van der Waals surface area contributed by atoms with Crippen molar-refractivity contribution in [3.8, 4) is 0 Å². The summed E-state index contributed by atoms with van der Waals surface area (Å²) in [7, 11) is 1.72. The highest BCUT2D eigenvalue weighted by Gasteiger charge is 2.29. The van der Waals surface area contributed by atoms with Gasteiger partial charge in [0, 0.05) is 26.2 Å². The maximum atomic E-state index is 6.12. The average molecular weight is 256 g/mol. The second-order valence-corrected chi connectivity index (χ2v) is 4.77. The number of anilines is 1. The van der Waals surface area contributed by atoms with Crippen LogP contribution in [0.5, 0.6) is 0 Å². The number of halogens is 1. The smallest absolute Gasteiger partial charge is 0.123 e. The molecule has 1 aliphatic carbocycles. The maximum absolute atomic E-state index is 6.12. The fourth-order valence-electron chi connectivity index (χ4n) is 1.84. The molecule has 0 spiro atoms. The Morgan fingerprint density at radius 1 is 1.53 bits per heavy atom. The van der Waals surface area contributed by atoms with Gasteiger partial charge < -0.3 is 10.5 Å². The first-order valence-corrected chi connectivity index (χ1v) is 6.22. The molecule has 0 atom stereocenters. The van der Waals surface area contributed by atoms with Crippen molar-refractivity contribution in [3.05, 3.63) is 22.8 Å². The van der Waals surface area contributed by atoms with Crippen LogP contribution in [0.15, 0.2) is 12.1 Å². The van der Waals surface area contributed by atoms with Crippen molar-refractivity contribution >= 4 is 17.4 Å². The Balaban J connectivity index is 2.03. The molecule has 17 heavy (non-hydrogen) atoms. The molecule has 2 rings (SSSR count). The van der Waals surface area contributed by atoms with E-state index < -0.39 is 0 Å². The van der Waals surface area contributed by atoms with Crippen LogP contribution in [0.3, 0.4) is 0 Å². The molecule has 4 nitrogen and oxygen atoms in total. The number of aromatic nitrogens is 1. The van der Waals surface area contributed by atoms with Gasteiger partial charge >= 0.3 is 0 Å². The maximum Gasteiger partial charge on any atom is 0.123 e. The molecule has 94 valence electrons. The summed E-state index contributed by atoms with van der Waals surface area (Å²) in [6.45, 7) is 2.39. The molecule has 1 heterocycles. The number of ether oxygens (including phenoxy) is 1. The Labute approximate surface area is 107 Å². The Morgan fingerprint density at radius 2 is 2.29 bits per heavy atom. The summed E-state index contributed by atoms with van der Waals surface area (Å²) in [5.41, 5.74) is 6.54. The lowest BCUT2D eigenvalue weighted by atomic mass is 10.3. The Morgan fingerprint density at radius 3 is 2.94 bits per heavy atom. The molecular formula is C12H18ClN3O. The van der Waals surface area contributed by atoms with Crippen LogP contribution in [0.4, 0.5) is 5.82 Å². The molecule has 1 aliphatic rings. The zero-order chi connectivity index (χ0) is 12.3. The zero-order valence-electron chi connectivity index (χ0n) is 10.0. The molecule has 0 bridgehead atoms. The van der Waals surface area contributed by atoms with Gasteiger partial charge in [-0.3, -0.25) is 4.90 Å². The van der Waals surface area contributed by atoms with Crippen LogP contribution in [0.1, 0.15) is 18.5 Å². The van der Waals surface area contributed by atoms with E-state index in [9.17, 15) is 0 Å². The van der Waals surface area contributed by atoms with Gasteiger partial charge in [-0.25, -0.2) is 4.98 Å². The number of nitrogens with two attached hydrogens (primary N) is 1. The highest BCUT2D eigenvalue weighted by molar-refractivity contribution is 6.31. The number of hydrogen-bond donors (Lipinski definition) is 1. The van der Waals surface area contributed by atoms with Gasteiger partial charge in [-0.05, 0) is 25.0 Å². The molecule has 0 aromatic carbocycles. The van der Waals surface area contributed by atoms with Crippen LogP contribution in [-0.2, 0) is 11.3 Å². The summed E-state index contributed by atoms with van der Waals surface area (Å²) in [5.74, 6) is 0.520. The average Bonchev–Trinajstić information content (AvgIpc) is 3.13. The van der Waals surface area contributed by atoms with Gasteiger partial charge in [-0.15, -0.1) is 0 Å². The predicted octanol–water partition coefficient (Wildman–Crippen LogP) is 1.93. The fraction of sp³-hybridized carbons (Fsp3) is 0.583. The fourth-order valence-corrected chi connectivity index (χ4v) is 2.01. The van der Waals surface area contributed by atoms with Gasteiger partial charge in [0.25, 0.3) is 0 Å². The third kappa shape index (κ3) is 3.56. The lowest BCUT2D eigenvalue weighted by Gasteiger charge is -2.21. The molecule has 0 aliphatic heterocycles. The first-order valence-electron chi connectivity index (χ1n) is 5.84. The minimum Gasteiger partial charge on any atom is -0.384 e. The highest BCUT2D eigenvalue weighted by atomic mass is 35.5. The van der Waals surface area contributed by atoms with E-state index in [0.29, 0.717) is 16.9 Å². The molecule has 1 saturated carbocycles. The third-order valence-electron chi connectivity index (χ3n) is 2.94. The van der Waals surface area contributed by atoms with Gasteiger partial charge in [-0.1, -0.05) is 11.6 Å². The molecule has 0 radical (unpaired) electrons. The monoisotopic (exact) mass is 255 g/mol. The Kier molecular flexibility index (Phi) is 4.20. The largest absolute Gasteiger partial charge is 0.384 e. The molecule has 5 heteroatoms. The third-order valence-corrected chi connectivity index (χ3v) is 3.28. The normalized spacial score (nSPS) is 15.5. The van der Waals surface area contributed by atoms with Crippen LogP contribution < -0.4 is 5.73 Å². The lowest BCUT2D eigenvalue weighted by Crippen LogP contribution is -2.29. The van der Waals surface area contributed by atoms with Gasteiger partial charge in [-0.2, -0.15) is 0 Å². The lowest BCUT2D eigenvalue weighted by molar-refractivity contribution is 0.139. The second kappa shape index (κ2) is 5.67. The van der Waals surface area contributed by atoms with E-state index in [1.54, 1.807) is 19.2 Å². The van der Waals surface area contributed by atoms with Crippen molar-refractivity contribution in [2.45, 2.75) is 25.4 Å². The van der Waals surface area contributed by atoms with Crippen molar-refractivity contribution in [3.63, 3.8) is 0 Å². The van der Waals surface area contributed by atoms with Crippen molar-refractivity contribution in [1.82, 2.24) is 9.88 Å². The van der Waals surface area contributed by atoms with E-state index >= 15 is 0 Å². The highest BCUT2D eigenvalue weighted by Crippen LogP contribution is 2.29. The van der Waals surface area contributed by atoms with Crippen LogP contribution in [0, 0.1) is 0 Å². The molecule has 2 N–H and O–H groups in total. The summed E-state index contributed by atoms with van der Waals surface area (Å²) in [6, 6.07) is 4.19. The quantitative estimate of drug-likeness (QED) is 0.844. The number of pyridine rings is 1. The molecule has 0 unspecified atom stereocenters. The SMILES string of the molecule is COCCN(Cc1nc(N)ccc1Cl)C1CC1. The van der Waals surface area contributed by atoms with Crippen molar-refractivity contribution < 1.29 is 4.74 Å². The summed E-state index contributed by atoms with van der Waals surface area (Å²) in [5, 5.41) is 0.683. The van der Waals surface area contributed by atoms with Crippen LogP contribution in [0.25, 0.3) is 0 Å². The van der Waals surface area contributed by atoms with E-state index in [4.69, 9.17) is 22.1 Å². The van der Waals surface area contributed by atoms with E-state index in [-0.39, 0.29) is 0 Å². The van der Waals surface area contributed by atoms with Gasteiger partial charge in [0.1, 0.15) is 5.82 Å². The molecule has 1 aromatic rings. The number of nitrogens with zero attached hydrogens (tertiary/aromatic N) is 2. The summed E-state index contributed by atoms with van der Waals surface area (Å²) in [6.07, 6.45) is 2.51. The van der Waals surface area contributed by atoms with Gasteiger partial charge in [0.15, 0.2) is 0 Å². The number of rotatable bonds is 6. The predicted molar refractivity (Wildman–Crippen MR) is 69.0 cm³/mol. The number of nitrogen functional groups attached to an aromatic ring is 1. The van der Waals surface area contributed by atoms with E-state index in [2.05, 4.69) is 9.88 Å². The first kappa shape index (κ1) is 12.6. The summed E-state index contributed by atoms with van der Waals surface area (Å²) in [4.78, 5) is 6.65. The van der Waals surface area contributed by atoms with Crippen molar-refractivity contribution in [2.75, 3.05) is 26.0 Å². The zero-order valence-corrected chi connectivity index (χ0v) is 10.8. The van der Waals surface area contributed by atoms with Crippen LogP contribution in [0.2, 0.25) is 5.02 Å². The summed E-state index contributed by atoms with van der Waals surface area (Å²) >= 11 is 6.12. The molecule has 0 saturated heterocycles. The molecule has 1 aromatic heterocycles. The van der Waals surface area contributed by atoms with E-state index in [1.165, 1.54) is 12.8 Å². The standard InChI is InChI=1S/C12H18ClN3O/c1-17-7-6-16(9-2-3-9)8-11-10(13)4-5-12(14)15-11/h4-5,9H,2-3,6-8H2,1H3,(H2,14,15). The summed E-state index contributed by atoms with van der Waals surface area (Å²) < 4.78 is 5.12. The first-order chi connectivity index (χ1) is 8.20. The molecule has 0 amide bonds. The number of hydrogen-bond acceptors (Lipinski definition) is 4. The van der Waals surface area contributed by atoms with E-state index in [1.807, 2.05) is 0 Å².